The molecule has 1 N–H and O–H groups in total. The Morgan fingerprint density at radius 2 is 1.69 bits per heavy atom. The first-order valence-electron chi connectivity index (χ1n) is 10.1. The SMILES string of the molecule is Cc1ccc(N2C(=O)C[C@@H]([C@H]3CCCC=C3[NH+]3CCCCC3)C2=O)cc1. The summed E-state index contributed by atoms with van der Waals surface area (Å²) in [4.78, 5) is 28.9. The van der Waals surface area contributed by atoms with E-state index in [-0.39, 0.29) is 23.7 Å². The van der Waals surface area contributed by atoms with E-state index in [1.807, 2.05) is 31.2 Å². The van der Waals surface area contributed by atoms with Crippen LogP contribution in [0.5, 0.6) is 0 Å². The number of rotatable bonds is 3. The Balaban J connectivity index is 1.57. The molecular weight excluding hydrogens is 324 g/mol. The van der Waals surface area contributed by atoms with Crippen LogP contribution >= 0.6 is 0 Å². The van der Waals surface area contributed by atoms with E-state index in [4.69, 9.17) is 0 Å². The van der Waals surface area contributed by atoms with Crippen LogP contribution in [-0.4, -0.2) is 24.9 Å². The van der Waals surface area contributed by atoms with E-state index in [1.165, 1.54) is 42.9 Å². The van der Waals surface area contributed by atoms with Crippen LogP contribution in [-0.2, 0) is 9.59 Å². The number of allylic oxidation sites excluding steroid dienone is 2. The second-order valence-electron chi connectivity index (χ2n) is 8.07. The van der Waals surface area contributed by atoms with Gasteiger partial charge in [0.25, 0.3) is 0 Å². The molecular formula is C22H29N2O2+. The van der Waals surface area contributed by atoms with Gasteiger partial charge in [0, 0.05) is 12.3 Å². The largest absolute Gasteiger partial charge is 0.306 e. The molecule has 26 heavy (non-hydrogen) atoms. The van der Waals surface area contributed by atoms with Crippen molar-refractivity contribution < 1.29 is 14.5 Å². The molecule has 4 heteroatoms. The van der Waals surface area contributed by atoms with Crippen LogP contribution in [0.15, 0.2) is 36.0 Å². The first-order chi connectivity index (χ1) is 12.6. The number of carbonyl (C=O) groups is 2. The highest BCUT2D eigenvalue weighted by molar-refractivity contribution is 6.21. The zero-order valence-corrected chi connectivity index (χ0v) is 15.7. The molecule has 1 aromatic carbocycles. The molecule has 2 fully saturated rings. The number of imide groups is 1. The Hall–Kier alpha value is -1.94. The maximum Gasteiger partial charge on any atom is 0.238 e. The second-order valence-corrected chi connectivity index (χ2v) is 8.07. The van der Waals surface area contributed by atoms with Crippen LogP contribution in [0, 0.1) is 18.8 Å². The summed E-state index contributed by atoms with van der Waals surface area (Å²) in [6.45, 7) is 4.37. The summed E-state index contributed by atoms with van der Waals surface area (Å²) in [5, 5.41) is 0. The number of nitrogens with zero attached hydrogens (tertiary/aromatic N) is 1. The highest BCUT2D eigenvalue weighted by atomic mass is 16.2. The van der Waals surface area contributed by atoms with E-state index in [0.717, 1.165) is 30.5 Å². The molecule has 2 aliphatic heterocycles. The van der Waals surface area contributed by atoms with Crippen molar-refractivity contribution in [2.75, 3.05) is 18.0 Å². The minimum Gasteiger partial charge on any atom is -0.306 e. The van der Waals surface area contributed by atoms with Crippen LogP contribution in [0.25, 0.3) is 0 Å². The zero-order valence-electron chi connectivity index (χ0n) is 15.7. The van der Waals surface area contributed by atoms with E-state index in [1.54, 1.807) is 4.90 Å². The fraction of sp³-hybridized carbons (Fsp3) is 0.545. The van der Waals surface area contributed by atoms with Crippen molar-refractivity contribution in [3.63, 3.8) is 0 Å². The summed E-state index contributed by atoms with van der Waals surface area (Å²) >= 11 is 0. The van der Waals surface area contributed by atoms with Gasteiger partial charge in [0.1, 0.15) is 5.70 Å². The van der Waals surface area contributed by atoms with Crippen LogP contribution in [0.4, 0.5) is 5.69 Å². The zero-order chi connectivity index (χ0) is 18.1. The lowest BCUT2D eigenvalue weighted by molar-refractivity contribution is -0.870. The number of benzene rings is 1. The second kappa shape index (κ2) is 7.36. The topological polar surface area (TPSA) is 41.8 Å². The van der Waals surface area contributed by atoms with Crippen LogP contribution in [0.1, 0.15) is 50.5 Å². The van der Waals surface area contributed by atoms with Crippen molar-refractivity contribution in [3.05, 3.63) is 41.6 Å². The van der Waals surface area contributed by atoms with Gasteiger partial charge in [-0.2, -0.15) is 0 Å². The van der Waals surface area contributed by atoms with Crippen LogP contribution in [0.3, 0.4) is 0 Å². The number of hydrogen-bond donors (Lipinski definition) is 1. The number of aryl methyl sites for hydroxylation is 1. The minimum absolute atomic E-state index is 0.00747. The van der Waals surface area contributed by atoms with E-state index in [9.17, 15) is 9.59 Å². The maximum atomic E-state index is 13.2. The summed E-state index contributed by atoms with van der Waals surface area (Å²) in [5.41, 5.74) is 3.28. The molecule has 2 atom stereocenters. The average Bonchev–Trinajstić information content (AvgIpc) is 2.97. The van der Waals surface area contributed by atoms with Gasteiger partial charge in [-0.1, -0.05) is 17.7 Å². The number of anilines is 1. The van der Waals surface area contributed by atoms with Crippen molar-refractivity contribution in [1.29, 1.82) is 0 Å². The molecule has 1 aliphatic carbocycles. The van der Waals surface area contributed by atoms with Gasteiger partial charge in [-0.25, -0.2) is 0 Å². The van der Waals surface area contributed by atoms with Gasteiger partial charge < -0.3 is 4.90 Å². The average molecular weight is 353 g/mol. The minimum atomic E-state index is -0.176. The van der Waals surface area contributed by atoms with Crippen LogP contribution < -0.4 is 9.80 Å². The lowest BCUT2D eigenvalue weighted by atomic mass is 9.80. The van der Waals surface area contributed by atoms with Gasteiger partial charge in [0.15, 0.2) is 0 Å². The number of quaternary nitrogens is 1. The molecule has 4 nitrogen and oxygen atoms in total. The van der Waals surface area contributed by atoms with Crippen molar-refractivity contribution >= 4 is 17.5 Å². The highest BCUT2D eigenvalue weighted by Gasteiger charge is 2.47. The number of carbonyl (C=O) groups excluding carboxylic acids is 2. The standard InChI is InChI=1S/C22H28N2O2/c1-16-9-11-17(12-10-16)24-21(25)15-19(22(24)26)18-7-3-4-8-20(18)23-13-5-2-6-14-23/h8-12,18-19H,2-7,13-15H2,1H3/p+1/t18-,19+/m1/s1. The Bertz CT molecular complexity index is 716. The molecule has 0 saturated carbocycles. The predicted octanol–water partition coefficient (Wildman–Crippen LogP) is 2.63. The number of amides is 2. The summed E-state index contributed by atoms with van der Waals surface area (Å²) in [5.74, 6) is 0.0315. The van der Waals surface area contributed by atoms with Gasteiger partial charge >= 0.3 is 0 Å². The summed E-state index contributed by atoms with van der Waals surface area (Å²) < 4.78 is 0. The summed E-state index contributed by atoms with van der Waals surface area (Å²) in [6.07, 6.45) is 9.89. The molecule has 3 aliphatic rings. The summed E-state index contributed by atoms with van der Waals surface area (Å²) in [6, 6.07) is 7.71. The quantitative estimate of drug-likeness (QED) is 0.849. The molecule has 0 aromatic heterocycles. The molecule has 1 aromatic rings. The van der Waals surface area contributed by atoms with E-state index >= 15 is 0 Å². The fourth-order valence-corrected chi connectivity index (χ4v) is 4.93. The Morgan fingerprint density at radius 1 is 0.962 bits per heavy atom. The molecule has 0 unspecified atom stereocenters. The first kappa shape index (κ1) is 17.5. The number of piperidine rings is 1. The highest BCUT2D eigenvalue weighted by Crippen LogP contribution is 2.37. The first-order valence-corrected chi connectivity index (χ1v) is 10.1. The molecule has 2 saturated heterocycles. The fourth-order valence-electron chi connectivity index (χ4n) is 4.93. The van der Waals surface area contributed by atoms with E-state index < -0.39 is 0 Å². The van der Waals surface area contributed by atoms with Crippen molar-refractivity contribution in [2.45, 2.75) is 51.9 Å². The Labute approximate surface area is 155 Å². The number of likely N-dealkylation sites (tertiary alicyclic amines) is 1. The predicted molar refractivity (Wildman–Crippen MR) is 102 cm³/mol. The Morgan fingerprint density at radius 3 is 2.42 bits per heavy atom. The molecule has 2 amide bonds. The Kier molecular flexibility index (Phi) is 4.94. The third kappa shape index (κ3) is 3.23. The van der Waals surface area contributed by atoms with Gasteiger partial charge in [0.2, 0.25) is 11.8 Å². The molecule has 138 valence electrons. The van der Waals surface area contributed by atoms with Crippen molar-refractivity contribution in [1.82, 2.24) is 0 Å². The van der Waals surface area contributed by atoms with Gasteiger partial charge in [-0.3, -0.25) is 14.5 Å². The van der Waals surface area contributed by atoms with Crippen molar-refractivity contribution in [3.8, 4) is 0 Å². The monoisotopic (exact) mass is 353 g/mol. The number of hydrogen-bond acceptors (Lipinski definition) is 2. The lowest BCUT2D eigenvalue weighted by Gasteiger charge is -2.34. The van der Waals surface area contributed by atoms with E-state index in [2.05, 4.69) is 6.08 Å². The molecule has 0 radical (unpaired) electrons. The maximum absolute atomic E-state index is 13.2. The normalized spacial score (nSPS) is 27.7. The van der Waals surface area contributed by atoms with Gasteiger partial charge in [0.05, 0.1) is 24.7 Å². The molecule has 0 bridgehead atoms. The smallest absolute Gasteiger partial charge is 0.238 e. The van der Waals surface area contributed by atoms with Gasteiger partial charge in [-0.15, -0.1) is 0 Å². The third-order valence-electron chi connectivity index (χ3n) is 6.31. The molecule has 2 heterocycles. The lowest BCUT2D eigenvalue weighted by Crippen LogP contribution is -3.11. The van der Waals surface area contributed by atoms with Crippen LogP contribution in [0.2, 0.25) is 0 Å². The van der Waals surface area contributed by atoms with Gasteiger partial charge in [-0.05, 0) is 63.7 Å². The van der Waals surface area contributed by atoms with E-state index in [0.29, 0.717) is 6.42 Å². The third-order valence-corrected chi connectivity index (χ3v) is 6.31. The number of nitrogens with one attached hydrogen (secondary N) is 1. The summed E-state index contributed by atoms with van der Waals surface area (Å²) in [7, 11) is 0. The molecule has 4 rings (SSSR count). The van der Waals surface area contributed by atoms with Crippen molar-refractivity contribution in [2.24, 2.45) is 11.8 Å². The molecule has 0 spiro atoms.